The van der Waals surface area contributed by atoms with E-state index in [0.717, 1.165) is 4.60 Å². The Balaban J connectivity index is 2.46. The molecule has 72 valence electrons. The van der Waals surface area contributed by atoms with Gasteiger partial charge in [0.1, 0.15) is 4.60 Å². The van der Waals surface area contributed by atoms with E-state index in [1.807, 2.05) is 0 Å². The number of nitrogens with zero attached hydrogens (tertiary/aromatic N) is 3. The summed E-state index contributed by atoms with van der Waals surface area (Å²) in [5.41, 5.74) is 0.692. The topological polar surface area (TPSA) is 59.3 Å². The van der Waals surface area contributed by atoms with Crippen molar-refractivity contribution < 1.29 is 4.79 Å². The third-order valence-electron chi connectivity index (χ3n) is 1.61. The minimum absolute atomic E-state index is 0.138. The summed E-state index contributed by atoms with van der Waals surface area (Å²) in [7, 11) is 0. The standard InChI is InChI=1S/C8H7BrN4O/c1-5(14)11-7-4-13-3-6(9)10-2-8(13)12-7/h2-4H,1H3,(H,11,14). The maximum atomic E-state index is 10.8. The number of imidazole rings is 1. The number of hydrogen-bond acceptors (Lipinski definition) is 3. The van der Waals surface area contributed by atoms with Crippen LogP contribution in [0.2, 0.25) is 0 Å². The van der Waals surface area contributed by atoms with Crippen molar-refractivity contribution in [2.75, 3.05) is 5.32 Å². The summed E-state index contributed by atoms with van der Waals surface area (Å²) in [5, 5.41) is 2.60. The van der Waals surface area contributed by atoms with E-state index in [9.17, 15) is 4.79 Å². The van der Waals surface area contributed by atoms with Gasteiger partial charge in [-0.3, -0.25) is 4.79 Å². The molecule has 0 saturated carbocycles. The van der Waals surface area contributed by atoms with Gasteiger partial charge >= 0.3 is 0 Å². The first-order valence-electron chi connectivity index (χ1n) is 3.93. The number of amides is 1. The Kier molecular flexibility index (Phi) is 2.20. The van der Waals surface area contributed by atoms with Gasteiger partial charge in [0.25, 0.3) is 0 Å². The molecule has 0 aliphatic rings. The summed E-state index contributed by atoms with van der Waals surface area (Å²) in [6.45, 7) is 1.44. The van der Waals surface area contributed by atoms with Gasteiger partial charge in [-0.2, -0.15) is 0 Å². The molecule has 0 fully saturated rings. The molecule has 0 radical (unpaired) electrons. The molecule has 2 aromatic heterocycles. The fraction of sp³-hybridized carbons (Fsp3) is 0.125. The van der Waals surface area contributed by atoms with Crippen molar-refractivity contribution in [3.8, 4) is 0 Å². The Morgan fingerprint density at radius 3 is 3.07 bits per heavy atom. The van der Waals surface area contributed by atoms with Crippen LogP contribution in [0.3, 0.4) is 0 Å². The summed E-state index contributed by atoms with van der Waals surface area (Å²) >= 11 is 3.25. The lowest BCUT2D eigenvalue weighted by atomic mass is 10.6. The number of nitrogens with one attached hydrogen (secondary N) is 1. The highest BCUT2D eigenvalue weighted by Gasteiger charge is 2.02. The van der Waals surface area contributed by atoms with Crippen LogP contribution in [0.4, 0.5) is 5.82 Å². The van der Waals surface area contributed by atoms with Crippen LogP contribution >= 0.6 is 15.9 Å². The van der Waals surface area contributed by atoms with E-state index >= 15 is 0 Å². The Labute approximate surface area is 88.3 Å². The minimum atomic E-state index is -0.138. The van der Waals surface area contributed by atoms with E-state index in [1.54, 1.807) is 23.0 Å². The van der Waals surface area contributed by atoms with Crippen LogP contribution < -0.4 is 5.32 Å². The number of carbonyl (C=O) groups excluding carboxylic acids is 1. The van der Waals surface area contributed by atoms with Crippen molar-refractivity contribution in [3.63, 3.8) is 0 Å². The summed E-state index contributed by atoms with van der Waals surface area (Å²) < 4.78 is 2.50. The maximum Gasteiger partial charge on any atom is 0.222 e. The number of aromatic nitrogens is 3. The first-order valence-corrected chi connectivity index (χ1v) is 4.72. The second kappa shape index (κ2) is 3.38. The van der Waals surface area contributed by atoms with Gasteiger partial charge in [-0.25, -0.2) is 9.97 Å². The first kappa shape index (κ1) is 9.14. The summed E-state index contributed by atoms with van der Waals surface area (Å²) in [4.78, 5) is 18.9. The first-order chi connectivity index (χ1) is 6.65. The lowest BCUT2D eigenvalue weighted by Gasteiger charge is -1.91. The van der Waals surface area contributed by atoms with Crippen LogP contribution in [0.1, 0.15) is 6.92 Å². The predicted molar refractivity (Wildman–Crippen MR) is 55.0 cm³/mol. The Morgan fingerprint density at radius 1 is 1.57 bits per heavy atom. The second-order valence-electron chi connectivity index (χ2n) is 2.78. The Hall–Kier alpha value is -1.43. The zero-order valence-electron chi connectivity index (χ0n) is 7.36. The van der Waals surface area contributed by atoms with Crippen molar-refractivity contribution in [3.05, 3.63) is 23.2 Å². The van der Waals surface area contributed by atoms with Crippen LogP contribution in [0.15, 0.2) is 23.2 Å². The largest absolute Gasteiger partial charge is 0.310 e. The van der Waals surface area contributed by atoms with Gasteiger partial charge in [0.15, 0.2) is 11.5 Å². The molecule has 1 N–H and O–H groups in total. The molecule has 0 unspecified atom stereocenters. The third kappa shape index (κ3) is 1.74. The molecule has 0 aliphatic heterocycles. The molecule has 6 heteroatoms. The van der Waals surface area contributed by atoms with Crippen molar-refractivity contribution in [1.29, 1.82) is 0 Å². The lowest BCUT2D eigenvalue weighted by molar-refractivity contribution is -0.114. The van der Waals surface area contributed by atoms with E-state index in [0.29, 0.717) is 11.5 Å². The molecule has 2 heterocycles. The normalized spacial score (nSPS) is 10.4. The van der Waals surface area contributed by atoms with Crippen LogP contribution in [0.5, 0.6) is 0 Å². The van der Waals surface area contributed by atoms with Crippen molar-refractivity contribution >= 4 is 33.3 Å². The molecule has 1 amide bonds. The molecule has 0 saturated heterocycles. The van der Waals surface area contributed by atoms with E-state index in [1.165, 1.54) is 6.92 Å². The Bertz CT molecular complexity index is 493. The van der Waals surface area contributed by atoms with Gasteiger partial charge in [0.2, 0.25) is 5.91 Å². The number of rotatable bonds is 1. The fourth-order valence-electron chi connectivity index (χ4n) is 1.11. The molecule has 0 bridgehead atoms. The molecule has 0 atom stereocenters. The zero-order chi connectivity index (χ0) is 10.1. The molecule has 0 aromatic carbocycles. The molecule has 0 aliphatic carbocycles. The number of fused-ring (bicyclic) bond motifs is 1. The quantitative estimate of drug-likeness (QED) is 0.838. The van der Waals surface area contributed by atoms with Crippen molar-refractivity contribution in [2.45, 2.75) is 6.92 Å². The van der Waals surface area contributed by atoms with E-state index in [2.05, 4.69) is 31.2 Å². The lowest BCUT2D eigenvalue weighted by Crippen LogP contribution is -2.05. The van der Waals surface area contributed by atoms with Gasteiger partial charge in [0, 0.05) is 13.1 Å². The smallest absolute Gasteiger partial charge is 0.222 e. The molecular weight excluding hydrogens is 248 g/mol. The minimum Gasteiger partial charge on any atom is -0.310 e. The van der Waals surface area contributed by atoms with Gasteiger partial charge in [-0.1, -0.05) is 0 Å². The monoisotopic (exact) mass is 254 g/mol. The molecule has 2 rings (SSSR count). The number of hydrogen-bond donors (Lipinski definition) is 1. The van der Waals surface area contributed by atoms with E-state index < -0.39 is 0 Å². The predicted octanol–water partition coefficient (Wildman–Crippen LogP) is 1.45. The molecule has 2 aromatic rings. The third-order valence-corrected chi connectivity index (χ3v) is 2.02. The molecule has 0 spiro atoms. The number of carbonyl (C=O) groups is 1. The van der Waals surface area contributed by atoms with Crippen molar-refractivity contribution in [1.82, 2.24) is 14.4 Å². The van der Waals surface area contributed by atoms with Crippen LogP contribution in [-0.2, 0) is 4.79 Å². The SMILES string of the molecule is CC(=O)Nc1cn2cc(Br)ncc2n1. The molecule has 14 heavy (non-hydrogen) atoms. The summed E-state index contributed by atoms with van der Waals surface area (Å²) in [6, 6.07) is 0. The molecule has 5 nitrogen and oxygen atoms in total. The van der Waals surface area contributed by atoms with Gasteiger partial charge in [-0.05, 0) is 15.9 Å². The van der Waals surface area contributed by atoms with E-state index in [-0.39, 0.29) is 5.91 Å². The van der Waals surface area contributed by atoms with Crippen molar-refractivity contribution in [2.24, 2.45) is 0 Å². The highest BCUT2D eigenvalue weighted by Crippen LogP contribution is 2.11. The highest BCUT2D eigenvalue weighted by molar-refractivity contribution is 9.10. The molecular formula is C8H7BrN4O. The van der Waals surface area contributed by atoms with Crippen LogP contribution in [-0.4, -0.2) is 20.3 Å². The van der Waals surface area contributed by atoms with Gasteiger partial charge < -0.3 is 9.72 Å². The number of halogens is 1. The average Bonchev–Trinajstić information content (AvgIpc) is 2.44. The fourth-order valence-corrected chi connectivity index (χ4v) is 1.44. The van der Waals surface area contributed by atoms with Crippen LogP contribution in [0.25, 0.3) is 5.65 Å². The maximum absolute atomic E-state index is 10.8. The second-order valence-corrected chi connectivity index (χ2v) is 3.60. The summed E-state index contributed by atoms with van der Waals surface area (Å²) in [6.07, 6.45) is 5.12. The zero-order valence-corrected chi connectivity index (χ0v) is 8.95. The highest BCUT2D eigenvalue weighted by atomic mass is 79.9. The summed E-state index contributed by atoms with van der Waals surface area (Å²) in [5.74, 6) is 0.387. The van der Waals surface area contributed by atoms with Gasteiger partial charge in [-0.15, -0.1) is 0 Å². The van der Waals surface area contributed by atoms with E-state index in [4.69, 9.17) is 0 Å². The average molecular weight is 255 g/mol. The number of anilines is 1. The van der Waals surface area contributed by atoms with Crippen LogP contribution in [0, 0.1) is 0 Å². The Morgan fingerprint density at radius 2 is 2.36 bits per heavy atom. The van der Waals surface area contributed by atoms with Gasteiger partial charge in [0.05, 0.1) is 12.4 Å².